The van der Waals surface area contributed by atoms with E-state index in [1.807, 2.05) is 12.2 Å². The summed E-state index contributed by atoms with van der Waals surface area (Å²) in [6.45, 7) is 4.10. The van der Waals surface area contributed by atoms with E-state index in [9.17, 15) is 0 Å². The van der Waals surface area contributed by atoms with Gasteiger partial charge in [-0.3, -0.25) is 4.99 Å². The lowest BCUT2D eigenvalue weighted by atomic mass is 10.3. The van der Waals surface area contributed by atoms with Crippen LogP contribution >= 0.6 is 0 Å². The molecule has 0 heterocycles. The van der Waals surface area contributed by atoms with E-state index in [0.717, 1.165) is 5.71 Å². The zero-order chi connectivity index (χ0) is 7.82. The summed E-state index contributed by atoms with van der Waals surface area (Å²) in [7, 11) is 3.38. The van der Waals surface area contributed by atoms with Gasteiger partial charge in [0.25, 0.3) is 0 Å². The highest BCUT2D eigenvalue weighted by molar-refractivity contribution is 5.96. The van der Waals surface area contributed by atoms with Gasteiger partial charge in [0.15, 0.2) is 0 Å². The normalized spacial score (nSPS) is 12.4. The molecule has 0 rings (SSSR count). The minimum absolute atomic E-state index is 0.556. The Hall–Kier alpha value is -0.890. The summed E-state index contributed by atoms with van der Waals surface area (Å²) >= 11 is 0. The summed E-state index contributed by atoms with van der Waals surface area (Å²) in [5.41, 5.74) is 0.919. The Morgan fingerprint density at radius 1 is 1.70 bits per heavy atom. The van der Waals surface area contributed by atoms with E-state index in [1.165, 1.54) is 0 Å². The average Bonchev–Trinajstić information content (AvgIpc) is 1.98. The molecule has 0 saturated heterocycles. The van der Waals surface area contributed by atoms with Gasteiger partial charge in [0.05, 0.1) is 12.3 Å². The molecule has 0 bridgehead atoms. The largest absolute Gasteiger partial charge is 0.378 e. The van der Waals surface area contributed by atoms with Crippen molar-refractivity contribution in [2.75, 3.05) is 20.8 Å². The lowest BCUT2D eigenvalue weighted by Crippen LogP contribution is -2.02. The molecule has 0 N–H and O–H groups in total. The van der Waals surface area contributed by atoms with Gasteiger partial charge >= 0.3 is 0 Å². The van der Waals surface area contributed by atoms with Crippen molar-refractivity contribution < 1.29 is 4.74 Å². The third kappa shape index (κ3) is 4.04. The van der Waals surface area contributed by atoms with Crippen LogP contribution in [0.25, 0.3) is 0 Å². The van der Waals surface area contributed by atoms with Crippen LogP contribution < -0.4 is 0 Å². The van der Waals surface area contributed by atoms with Crippen LogP contribution in [-0.2, 0) is 4.74 Å². The molecule has 0 aromatic heterocycles. The lowest BCUT2D eigenvalue weighted by molar-refractivity contribution is 0.246. The number of methoxy groups -OCH3 is 1. The quantitative estimate of drug-likeness (QED) is 0.426. The van der Waals surface area contributed by atoms with E-state index in [-0.39, 0.29) is 0 Å². The van der Waals surface area contributed by atoms with E-state index in [4.69, 9.17) is 4.74 Å². The third-order valence-electron chi connectivity index (χ3n) is 1.00. The molecule has 10 heavy (non-hydrogen) atoms. The number of ether oxygens (including phenoxy) is 1. The van der Waals surface area contributed by atoms with Gasteiger partial charge in [-0.1, -0.05) is 18.7 Å². The fourth-order valence-corrected chi connectivity index (χ4v) is 0.514. The van der Waals surface area contributed by atoms with Gasteiger partial charge in [-0.15, -0.1) is 0 Å². The van der Waals surface area contributed by atoms with Crippen molar-refractivity contribution in [3.8, 4) is 0 Å². The second kappa shape index (κ2) is 6.23. The Balaban J connectivity index is 3.84. The van der Waals surface area contributed by atoms with E-state index in [0.29, 0.717) is 6.61 Å². The Morgan fingerprint density at radius 3 is 2.80 bits per heavy atom. The lowest BCUT2D eigenvalue weighted by Gasteiger charge is -1.95. The highest BCUT2D eigenvalue weighted by atomic mass is 16.5. The minimum Gasteiger partial charge on any atom is -0.378 e. The highest BCUT2D eigenvalue weighted by Crippen LogP contribution is 1.82. The van der Waals surface area contributed by atoms with Gasteiger partial charge in [-0.2, -0.15) is 0 Å². The number of hydrogen-bond donors (Lipinski definition) is 0. The van der Waals surface area contributed by atoms with Crippen LogP contribution in [0.2, 0.25) is 0 Å². The predicted octanol–water partition coefficient (Wildman–Crippen LogP) is 1.45. The van der Waals surface area contributed by atoms with Crippen molar-refractivity contribution in [2.45, 2.75) is 0 Å². The fourth-order valence-electron chi connectivity index (χ4n) is 0.514. The summed E-state index contributed by atoms with van der Waals surface area (Å²) in [5.74, 6) is 0. The standard InChI is InChI=1S/C8H13NO/c1-4-5-6-8(9-2)7-10-3/h4-6H,1,7H2,2-3H3/b6-5-,9-8?. The van der Waals surface area contributed by atoms with E-state index >= 15 is 0 Å². The van der Waals surface area contributed by atoms with Gasteiger partial charge in [-0.05, 0) is 6.08 Å². The molecule has 0 aromatic carbocycles. The maximum atomic E-state index is 4.88. The number of allylic oxidation sites excluding steroid dienone is 2. The zero-order valence-corrected chi connectivity index (χ0v) is 6.50. The molecule has 0 amide bonds. The molecule has 56 valence electrons. The Kier molecular flexibility index (Phi) is 5.68. The topological polar surface area (TPSA) is 21.6 Å². The van der Waals surface area contributed by atoms with Crippen molar-refractivity contribution in [1.82, 2.24) is 0 Å². The molecule has 0 unspecified atom stereocenters. The Bertz CT molecular complexity index is 147. The molecular formula is C8H13NO. The van der Waals surface area contributed by atoms with Gasteiger partial charge < -0.3 is 4.74 Å². The molecule has 0 aromatic rings. The van der Waals surface area contributed by atoms with Crippen LogP contribution in [0, 0.1) is 0 Å². The SMILES string of the molecule is C=C/C=C\C(COC)=NC. The Morgan fingerprint density at radius 2 is 2.40 bits per heavy atom. The number of nitrogens with zero attached hydrogens (tertiary/aromatic N) is 1. The molecule has 0 aliphatic rings. The number of rotatable bonds is 4. The molecule has 0 aliphatic heterocycles. The van der Waals surface area contributed by atoms with Crippen molar-refractivity contribution in [3.63, 3.8) is 0 Å². The second-order valence-corrected chi connectivity index (χ2v) is 1.74. The van der Waals surface area contributed by atoms with Crippen molar-refractivity contribution in [1.29, 1.82) is 0 Å². The summed E-state index contributed by atoms with van der Waals surface area (Å²) in [6, 6.07) is 0. The summed E-state index contributed by atoms with van der Waals surface area (Å²) in [6.07, 6.45) is 5.42. The first-order chi connectivity index (χ1) is 4.85. The van der Waals surface area contributed by atoms with Crippen LogP contribution in [0.5, 0.6) is 0 Å². The van der Waals surface area contributed by atoms with Gasteiger partial charge in [0, 0.05) is 14.2 Å². The predicted molar refractivity (Wildman–Crippen MR) is 44.6 cm³/mol. The summed E-state index contributed by atoms with van der Waals surface area (Å²) < 4.78 is 4.88. The summed E-state index contributed by atoms with van der Waals surface area (Å²) in [5, 5.41) is 0. The van der Waals surface area contributed by atoms with E-state index in [1.54, 1.807) is 20.2 Å². The van der Waals surface area contributed by atoms with Gasteiger partial charge in [0.2, 0.25) is 0 Å². The first-order valence-corrected chi connectivity index (χ1v) is 3.08. The molecule has 0 atom stereocenters. The maximum Gasteiger partial charge on any atom is 0.0879 e. The third-order valence-corrected chi connectivity index (χ3v) is 1.00. The molecule has 0 aliphatic carbocycles. The molecule has 0 radical (unpaired) electrons. The maximum absolute atomic E-state index is 4.88. The van der Waals surface area contributed by atoms with Crippen LogP contribution in [0.1, 0.15) is 0 Å². The fraction of sp³-hybridized carbons (Fsp3) is 0.375. The van der Waals surface area contributed by atoms with Crippen LogP contribution in [0.4, 0.5) is 0 Å². The molecule has 0 fully saturated rings. The number of aliphatic imine (C=N–C) groups is 1. The molecule has 2 nitrogen and oxygen atoms in total. The molecule has 2 heteroatoms. The van der Waals surface area contributed by atoms with Gasteiger partial charge in [0.1, 0.15) is 0 Å². The average molecular weight is 139 g/mol. The van der Waals surface area contributed by atoms with Crippen molar-refractivity contribution in [3.05, 3.63) is 24.8 Å². The van der Waals surface area contributed by atoms with Crippen molar-refractivity contribution >= 4 is 5.71 Å². The summed E-state index contributed by atoms with van der Waals surface area (Å²) in [4.78, 5) is 3.97. The minimum atomic E-state index is 0.556. The van der Waals surface area contributed by atoms with Crippen LogP contribution in [0.15, 0.2) is 29.8 Å². The first-order valence-electron chi connectivity index (χ1n) is 3.08. The van der Waals surface area contributed by atoms with E-state index < -0.39 is 0 Å². The Labute approximate surface area is 61.9 Å². The van der Waals surface area contributed by atoms with Crippen LogP contribution in [0.3, 0.4) is 0 Å². The second-order valence-electron chi connectivity index (χ2n) is 1.74. The number of hydrogen-bond acceptors (Lipinski definition) is 2. The van der Waals surface area contributed by atoms with Crippen molar-refractivity contribution in [2.24, 2.45) is 4.99 Å². The van der Waals surface area contributed by atoms with E-state index in [2.05, 4.69) is 11.6 Å². The molecule has 0 spiro atoms. The monoisotopic (exact) mass is 139 g/mol. The highest BCUT2D eigenvalue weighted by Gasteiger charge is 1.87. The first kappa shape index (κ1) is 9.11. The molecular weight excluding hydrogens is 126 g/mol. The smallest absolute Gasteiger partial charge is 0.0879 e. The van der Waals surface area contributed by atoms with Crippen LogP contribution in [-0.4, -0.2) is 26.5 Å². The zero-order valence-electron chi connectivity index (χ0n) is 6.50. The van der Waals surface area contributed by atoms with Gasteiger partial charge in [-0.25, -0.2) is 0 Å². The molecule has 0 saturated carbocycles.